The summed E-state index contributed by atoms with van der Waals surface area (Å²) in [6, 6.07) is 3.66. The van der Waals surface area contributed by atoms with Crippen LogP contribution < -0.4 is 10.1 Å². The number of pyridine rings is 1. The van der Waals surface area contributed by atoms with Crippen molar-refractivity contribution in [1.29, 1.82) is 0 Å². The molecule has 25 heavy (non-hydrogen) atoms. The number of aromatic nitrogens is 3. The molecule has 0 aromatic carbocycles. The number of hydrogen-bond acceptors (Lipinski definition) is 6. The van der Waals surface area contributed by atoms with Crippen molar-refractivity contribution in [3.63, 3.8) is 0 Å². The van der Waals surface area contributed by atoms with Gasteiger partial charge < -0.3 is 15.0 Å². The van der Waals surface area contributed by atoms with E-state index < -0.39 is 0 Å². The molecule has 0 atom stereocenters. The first kappa shape index (κ1) is 17.3. The van der Waals surface area contributed by atoms with Gasteiger partial charge in [-0.25, -0.2) is 9.97 Å². The summed E-state index contributed by atoms with van der Waals surface area (Å²) < 4.78 is 5.36. The van der Waals surface area contributed by atoms with Gasteiger partial charge in [-0.3, -0.25) is 9.78 Å². The van der Waals surface area contributed by atoms with Gasteiger partial charge in [-0.2, -0.15) is 0 Å². The Bertz CT molecular complexity index is 712. The molecule has 0 unspecified atom stereocenters. The van der Waals surface area contributed by atoms with Gasteiger partial charge >= 0.3 is 0 Å². The number of rotatable bonds is 5. The van der Waals surface area contributed by atoms with Crippen molar-refractivity contribution in [1.82, 2.24) is 19.9 Å². The lowest BCUT2D eigenvalue weighted by Gasteiger charge is -2.27. The number of amides is 1. The Hall–Kier alpha value is -2.54. The van der Waals surface area contributed by atoms with E-state index in [0.717, 1.165) is 31.5 Å². The van der Waals surface area contributed by atoms with E-state index in [1.807, 2.05) is 13.0 Å². The molecule has 1 saturated heterocycles. The van der Waals surface area contributed by atoms with E-state index >= 15 is 0 Å². The molecule has 2 aromatic rings. The van der Waals surface area contributed by atoms with Crippen molar-refractivity contribution in [2.75, 3.05) is 32.1 Å². The molecule has 1 N–H and O–H groups in total. The molecule has 2 aromatic heterocycles. The van der Waals surface area contributed by atoms with E-state index in [1.54, 1.807) is 24.7 Å². The van der Waals surface area contributed by atoms with E-state index in [4.69, 9.17) is 4.74 Å². The zero-order chi connectivity index (χ0) is 17.6. The fraction of sp³-hybridized carbons (Fsp3) is 0.444. The maximum absolute atomic E-state index is 12.3. The second-order valence-corrected chi connectivity index (χ2v) is 6.17. The van der Waals surface area contributed by atoms with Crippen LogP contribution in [0, 0.1) is 5.92 Å². The van der Waals surface area contributed by atoms with Crippen LogP contribution in [0.15, 0.2) is 30.7 Å². The van der Waals surface area contributed by atoms with Crippen LogP contribution in [0.4, 0.5) is 5.82 Å². The summed E-state index contributed by atoms with van der Waals surface area (Å²) in [4.78, 5) is 27.4. The lowest BCUT2D eigenvalue weighted by atomic mass is 9.96. The van der Waals surface area contributed by atoms with Crippen LogP contribution >= 0.6 is 0 Å². The second kappa shape index (κ2) is 8.02. The Morgan fingerprint density at radius 3 is 2.76 bits per heavy atom. The van der Waals surface area contributed by atoms with Crippen molar-refractivity contribution in [2.45, 2.75) is 19.8 Å². The zero-order valence-electron chi connectivity index (χ0n) is 14.6. The predicted octanol–water partition coefficient (Wildman–Crippen LogP) is 2.22. The average molecular weight is 341 g/mol. The summed E-state index contributed by atoms with van der Waals surface area (Å²) >= 11 is 0. The van der Waals surface area contributed by atoms with Crippen LogP contribution in [0.1, 0.15) is 19.8 Å². The van der Waals surface area contributed by atoms with Gasteiger partial charge in [0.1, 0.15) is 5.82 Å². The molecule has 0 bridgehead atoms. The van der Waals surface area contributed by atoms with E-state index in [0.29, 0.717) is 24.0 Å². The third-order valence-electron chi connectivity index (χ3n) is 4.30. The van der Waals surface area contributed by atoms with Crippen LogP contribution in [0.5, 0.6) is 5.88 Å². The highest BCUT2D eigenvalue weighted by Crippen LogP contribution is 2.21. The Morgan fingerprint density at radius 1 is 1.28 bits per heavy atom. The lowest BCUT2D eigenvalue weighted by molar-refractivity contribution is -0.121. The molecular weight excluding hydrogens is 318 g/mol. The van der Waals surface area contributed by atoms with E-state index in [2.05, 4.69) is 32.2 Å². The molecule has 0 spiro atoms. The monoisotopic (exact) mass is 341 g/mol. The topological polar surface area (TPSA) is 80.2 Å². The Balaban J connectivity index is 1.64. The van der Waals surface area contributed by atoms with Gasteiger partial charge in [0.2, 0.25) is 11.8 Å². The molecule has 1 aliphatic heterocycles. The summed E-state index contributed by atoms with van der Waals surface area (Å²) in [5.41, 5.74) is 1.51. The quantitative estimate of drug-likeness (QED) is 0.898. The first-order chi connectivity index (χ1) is 12.2. The number of hydrogen-bond donors (Lipinski definition) is 1. The number of anilines is 1. The summed E-state index contributed by atoms with van der Waals surface area (Å²) in [7, 11) is 2.08. The number of piperidine rings is 1. The van der Waals surface area contributed by atoms with Crippen LogP contribution in [-0.2, 0) is 4.79 Å². The summed E-state index contributed by atoms with van der Waals surface area (Å²) in [5.74, 6) is 1.15. The SMILES string of the molecule is CCOc1cncc(-c2ccc(NC(=O)C3CCN(C)CC3)nc2)n1. The van der Waals surface area contributed by atoms with Crippen molar-refractivity contribution in [2.24, 2.45) is 5.92 Å². The molecule has 0 radical (unpaired) electrons. The number of carbonyl (C=O) groups is 1. The smallest absolute Gasteiger partial charge is 0.232 e. The molecule has 1 fully saturated rings. The van der Waals surface area contributed by atoms with Crippen molar-refractivity contribution < 1.29 is 9.53 Å². The third kappa shape index (κ3) is 4.51. The minimum Gasteiger partial charge on any atom is -0.477 e. The highest BCUT2D eigenvalue weighted by molar-refractivity contribution is 5.91. The van der Waals surface area contributed by atoms with Gasteiger partial charge in [-0.15, -0.1) is 0 Å². The van der Waals surface area contributed by atoms with Gasteiger partial charge in [-0.1, -0.05) is 0 Å². The highest BCUT2D eigenvalue weighted by Gasteiger charge is 2.23. The zero-order valence-corrected chi connectivity index (χ0v) is 14.6. The Labute approximate surface area is 147 Å². The number of nitrogens with one attached hydrogen (secondary N) is 1. The predicted molar refractivity (Wildman–Crippen MR) is 95.3 cm³/mol. The van der Waals surface area contributed by atoms with Gasteiger partial charge in [0.05, 0.1) is 24.7 Å². The van der Waals surface area contributed by atoms with Crippen molar-refractivity contribution in [3.8, 4) is 17.1 Å². The van der Waals surface area contributed by atoms with Crippen molar-refractivity contribution in [3.05, 3.63) is 30.7 Å². The Morgan fingerprint density at radius 2 is 2.08 bits per heavy atom. The largest absolute Gasteiger partial charge is 0.477 e. The van der Waals surface area contributed by atoms with E-state index in [-0.39, 0.29) is 11.8 Å². The van der Waals surface area contributed by atoms with Crippen LogP contribution in [0.3, 0.4) is 0 Å². The van der Waals surface area contributed by atoms with Gasteiger partial charge in [0.15, 0.2) is 0 Å². The molecular formula is C18H23N5O2. The number of likely N-dealkylation sites (tertiary alicyclic amines) is 1. The van der Waals surface area contributed by atoms with Crippen LogP contribution in [0.25, 0.3) is 11.3 Å². The van der Waals surface area contributed by atoms with Gasteiger partial charge in [0.25, 0.3) is 0 Å². The highest BCUT2D eigenvalue weighted by atomic mass is 16.5. The van der Waals surface area contributed by atoms with Gasteiger partial charge in [0, 0.05) is 17.7 Å². The standard InChI is InChI=1S/C18H23N5O2/c1-3-25-17-12-19-11-15(21-17)14-4-5-16(20-10-14)22-18(24)13-6-8-23(2)9-7-13/h4-5,10-13H,3,6-9H2,1-2H3,(H,20,22,24). The minimum atomic E-state index is 0.0477. The Kier molecular flexibility index (Phi) is 5.55. The first-order valence-corrected chi connectivity index (χ1v) is 8.56. The van der Waals surface area contributed by atoms with Crippen LogP contribution in [-0.4, -0.2) is 52.5 Å². The second-order valence-electron chi connectivity index (χ2n) is 6.17. The molecule has 132 valence electrons. The summed E-state index contributed by atoms with van der Waals surface area (Å²) in [5, 5.41) is 2.91. The normalized spacial score (nSPS) is 15.8. The van der Waals surface area contributed by atoms with Crippen molar-refractivity contribution >= 4 is 11.7 Å². The molecule has 0 aliphatic carbocycles. The van der Waals surface area contributed by atoms with E-state index in [1.165, 1.54) is 0 Å². The minimum absolute atomic E-state index is 0.0477. The summed E-state index contributed by atoms with van der Waals surface area (Å²) in [6.45, 7) is 4.36. The molecule has 0 saturated carbocycles. The molecule has 7 heteroatoms. The van der Waals surface area contributed by atoms with Gasteiger partial charge in [-0.05, 0) is 52.0 Å². The molecule has 7 nitrogen and oxygen atoms in total. The maximum Gasteiger partial charge on any atom is 0.232 e. The fourth-order valence-corrected chi connectivity index (χ4v) is 2.82. The molecule has 1 aliphatic rings. The average Bonchev–Trinajstić information content (AvgIpc) is 2.63. The molecule has 3 rings (SSSR count). The first-order valence-electron chi connectivity index (χ1n) is 8.56. The van der Waals surface area contributed by atoms with E-state index in [9.17, 15) is 4.79 Å². The number of nitrogens with zero attached hydrogens (tertiary/aromatic N) is 4. The molecule has 1 amide bonds. The molecule has 3 heterocycles. The summed E-state index contributed by atoms with van der Waals surface area (Å²) in [6.07, 6.45) is 6.71. The number of ether oxygens (including phenoxy) is 1. The lowest BCUT2D eigenvalue weighted by Crippen LogP contribution is -2.36. The number of carbonyl (C=O) groups excluding carboxylic acids is 1. The van der Waals surface area contributed by atoms with Crippen LogP contribution in [0.2, 0.25) is 0 Å². The third-order valence-corrected chi connectivity index (χ3v) is 4.30. The fourth-order valence-electron chi connectivity index (χ4n) is 2.82. The maximum atomic E-state index is 12.3.